The van der Waals surface area contributed by atoms with Gasteiger partial charge in [0.2, 0.25) is 5.91 Å². The first-order valence-electron chi connectivity index (χ1n) is 8.67. The highest BCUT2D eigenvalue weighted by Crippen LogP contribution is 2.15. The molecule has 0 aliphatic heterocycles. The molecule has 3 rings (SSSR count). The molecule has 3 aromatic rings. The summed E-state index contributed by atoms with van der Waals surface area (Å²) in [5.74, 6) is 0.0540. The highest BCUT2D eigenvalue weighted by atomic mass is 16.5. The maximum absolute atomic E-state index is 12.1. The van der Waals surface area contributed by atoms with Crippen molar-refractivity contribution in [1.82, 2.24) is 5.32 Å². The third-order valence-electron chi connectivity index (χ3n) is 4.08. The Hall–Kier alpha value is -2.65. The summed E-state index contributed by atoms with van der Waals surface area (Å²) in [7, 11) is 0. The van der Waals surface area contributed by atoms with E-state index in [2.05, 4.69) is 29.6 Å². The first kappa shape index (κ1) is 17.2. The minimum atomic E-state index is 0.0540. The number of fused-ring (bicyclic) bond motifs is 1. The van der Waals surface area contributed by atoms with Gasteiger partial charge in [0, 0.05) is 13.2 Å². The molecule has 0 bridgehead atoms. The average molecular weight is 333 g/mol. The molecule has 0 aromatic heterocycles. The van der Waals surface area contributed by atoms with Crippen LogP contribution in [0.4, 0.5) is 0 Å². The zero-order chi connectivity index (χ0) is 17.3. The second-order valence-electron chi connectivity index (χ2n) is 6.10. The summed E-state index contributed by atoms with van der Waals surface area (Å²) in [5.41, 5.74) is 2.21. The molecule has 3 aromatic carbocycles. The van der Waals surface area contributed by atoms with E-state index in [1.165, 1.54) is 16.3 Å². The van der Waals surface area contributed by atoms with Crippen LogP contribution in [0.15, 0.2) is 72.8 Å². The topological polar surface area (TPSA) is 38.3 Å². The maximum atomic E-state index is 12.1. The zero-order valence-electron chi connectivity index (χ0n) is 14.3. The molecule has 3 nitrogen and oxygen atoms in total. The van der Waals surface area contributed by atoms with E-state index in [9.17, 15) is 4.79 Å². The molecule has 0 unspecified atom stereocenters. The molecule has 0 saturated carbocycles. The molecule has 25 heavy (non-hydrogen) atoms. The van der Waals surface area contributed by atoms with Gasteiger partial charge in [-0.3, -0.25) is 4.79 Å². The Kier molecular flexibility index (Phi) is 6.18. The molecule has 3 heteroatoms. The van der Waals surface area contributed by atoms with Crippen LogP contribution in [0.5, 0.6) is 0 Å². The van der Waals surface area contributed by atoms with E-state index >= 15 is 0 Å². The largest absolute Gasteiger partial charge is 0.377 e. The van der Waals surface area contributed by atoms with E-state index in [1.807, 2.05) is 48.5 Å². The molecule has 0 radical (unpaired) electrons. The lowest BCUT2D eigenvalue weighted by Gasteiger charge is -2.07. The molecule has 0 fully saturated rings. The SMILES string of the molecule is O=C(Cc1ccc2ccccc2c1)NCCCOCc1ccccc1. The lowest BCUT2D eigenvalue weighted by Crippen LogP contribution is -2.26. The molecular formula is C22H23NO2. The van der Waals surface area contributed by atoms with Gasteiger partial charge >= 0.3 is 0 Å². The highest BCUT2D eigenvalue weighted by Gasteiger charge is 2.04. The molecule has 128 valence electrons. The van der Waals surface area contributed by atoms with E-state index in [0.29, 0.717) is 26.2 Å². The summed E-state index contributed by atoms with van der Waals surface area (Å²) >= 11 is 0. The molecule has 0 aliphatic carbocycles. The number of carbonyl (C=O) groups is 1. The number of hydrogen-bond acceptors (Lipinski definition) is 2. The van der Waals surface area contributed by atoms with Gasteiger partial charge in [0.1, 0.15) is 0 Å². The minimum absolute atomic E-state index is 0.0540. The number of hydrogen-bond donors (Lipinski definition) is 1. The van der Waals surface area contributed by atoms with Crippen molar-refractivity contribution >= 4 is 16.7 Å². The van der Waals surface area contributed by atoms with E-state index in [0.717, 1.165) is 12.0 Å². The summed E-state index contributed by atoms with van der Waals surface area (Å²) in [6.45, 7) is 1.90. The third-order valence-corrected chi connectivity index (χ3v) is 4.08. The van der Waals surface area contributed by atoms with E-state index in [-0.39, 0.29) is 5.91 Å². The molecule has 0 heterocycles. The second kappa shape index (κ2) is 9.00. The Balaban J connectivity index is 1.35. The van der Waals surface area contributed by atoms with Crippen LogP contribution in [0.25, 0.3) is 10.8 Å². The average Bonchev–Trinajstić information content (AvgIpc) is 2.65. The van der Waals surface area contributed by atoms with Crippen molar-refractivity contribution in [3.8, 4) is 0 Å². The summed E-state index contributed by atoms with van der Waals surface area (Å²) in [6.07, 6.45) is 1.23. The van der Waals surface area contributed by atoms with Crippen LogP contribution in [0.3, 0.4) is 0 Å². The Labute approximate surface area is 148 Å². The van der Waals surface area contributed by atoms with Crippen LogP contribution < -0.4 is 5.32 Å². The molecule has 0 spiro atoms. The predicted molar refractivity (Wildman–Crippen MR) is 101 cm³/mol. The lowest BCUT2D eigenvalue weighted by molar-refractivity contribution is -0.120. The fraction of sp³-hybridized carbons (Fsp3) is 0.227. The number of rotatable bonds is 8. The van der Waals surface area contributed by atoms with E-state index in [4.69, 9.17) is 4.74 Å². The quantitative estimate of drug-likeness (QED) is 0.630. The smallest absolute Gasteiger partial charge is 0.224 e. The Morgan fingerprint density at radius 3 is 2.44 bits per heavy atom. The maximum Gasteiger partial charge on any atom is 0.224 e. The Morgan fingerprint density at radius 2 is 1.60 bits per heavy atom. The highest BCUT2D eigenvalue weighted by molar-refractivity contribution is 5.85. The van der Waals surface area contributed by atoms with Crippen molar-refractivity contribution in [3.05, 3.63) is 83.9 Å². The fourth-order valence-electron chi connectivity index (χ4n) is 2.76. The van der Waals surface area contributed by atoms with Crippen molar-refractivity contribution in [2.24, 2.45) is 0 Å². The van der Waals surface area contributed by atoms with Gasteiger partial charge in [0.15, 0.2) is 0 Å². The van der Waals surface area contributed by atoms with Crippen molar-refractivity contribution in [2.75, 3.05) is 13.2 Å². The number of benzene rings is 3. The molecule has 0 saturated heterocycles. The zero-order valence-corrected chi connectivity index (χ0v) is 14.3. The van der Waals surface area contributed by atoms with Crippen LogP contribution >= 0.6 is 0 Å². The van der Waals surface area contributed by atoms with E-state index in [1.54, 1.807) is 0 Å². The van der Waals surface area contributed by atoms with Gasteiger partial charge in [-0.05, 0) is 28.3 Å². The molecule has 1 N–H and O–H groups in total. The summed E-state index contributed by atoms with van der Waals surface area (Å²) in [4.78, 5) is 12.1. The first-order chi connectivity index (χ1) is 12.3. The van der Waals surface area contributed by atoms with Gasteiger partial charge < -0.3 is 10.1 Å². The van der Waals surface area contributed by atoms with Crippen molar-refractivity contribution in [1.29, 1.82) is 0 Å². The van der Waals surface area contributed by atoms with Crippen LogP contribution in [-0.2, 0) is 22.6 Å². The first-order valence-corrected chi connectivity index (χ1v) is 8.67. The summed E-state index contributed by atoms with van der Waals surface area (Å²) in [6, 6.07) is 24.5. The van der Waals surface area contributed by atoms with Gasteiger partial charge in [-0.2, -0.15) is 0 Å². The van der Waals surface area contributed by atoms with Crippen LogP contribution in [0.1, 0.15) is 17.5 Å². The van der Waals surface area contributed by atoms with Crippen LogP contribution in [0, 0.1) is 0 Å². The number of amides is 1. The standard InChI is InChI=1S/C22H23NO2/c24-22(16-19-11-12-20-9-4-5-10-21(20)15-19)23-13-6-14-25-17-18-7-2-1-3-8-18/h1-5,7-12,15H,6,13-14,16-17H2,(H,23,24). The Morgan fingerprint density at radius 1 is 0.840 bits per heavy atom. The normalized spacial score (nSPS) is 10.7. The van der Waals surface area contributed by atoms with Crippen molar-refractivity contribution < 1.29 is 9.53 Å². The Bertz CT molecular complexity index is 814. The molecule has 0 aliphatic rings. The fourth-order valence-corrected chi connectivity index (χ4v) is 2.76. The summed E-state index contributed by atoms with van der Waals surface area (Å²) < 4.78 is 5.62. The van der Waals surface area contributed by atoms with Crippen molar-refractivity contribution in [3.63, 3.8) is 0 Å². The van der Waals surface area contributed by atoms with Gasteiger partial charge in [0.05, 0.1) is 13.0 Å². The lowest BCUT2D eigenvalue weighted by atomic mass is 10.0. The second-order valence-corrected chi connectivity index (χ2v) is 6.10. The monoisotopic (exact) mass is 333 g/mol. The summed E-state index contributed by atoms with van der Waals surface area (Å²) in [5, 5.41) is 5.32. The molecule has 1 amide bonds. The van der Waals surface area contributed by atoms with E-state index < -0.39 is 0 Å². The number of ether oxygens (including phenoxy) is 1. The minimum Gasteiger partial charge on any atom is -0.377 e. The van der Waals surface area contributed by atoms with Crippen molar-refractivity contribution in [2.45, 2.75) is 19.4 Å². The molecule has 0 atom stereocenters. The van der Waals surface area contributed by atoms with Gasteiger partial charge in [0.25, 0.3) is 0 Å². The third kappa shape index (κ3) is 5.44. The van der Waals surface area contributed by atoms with Gasteiger partial charge in [-0.25, -0.2) is 0 Å². The van der Waals surface area contributed by atoms with Crippen LogP contribution in [-0.4, -0.2) is 19.1 Å². The van der Waals surface area contributed by atoms with Gasteiger partial charge in [-0.15, -0.1) is 0 Å². The van der Waals surface area contributed by atoms with Crippen LogP contribution in [0.2, 0.25) is 0 Å². The van der Waals surface area contributed by atoms with Gasteiger partial charge in [-0.1, -0.05) is 72.8 Å². The number of nitrogens with one attached hydrogen (secondary N) is 1. The molecular weight excluding hydrogens is 310 g/mol. The number of carbonyl (C=O) groups excluding carboxylic acids is 1. The predicted octanol–water partition coefficient (Wildman–Crippen LogP) is 4.11.